The lowest BCUT2D eigenvalue weighted by atomic mass is 10.1. The summed E-state index contributed by atoms with van der Waals surface area (Å²) >= 11 is 0. The Morgan fingerprint density at radius 2 is 2.40 bits per heavy atom. The molecule has 0 saturated heterocycles. The van der Waals surface area contributed by atoms with E-state index in [1.54, 1.807) is 6.26 Å². The van der Waals surface area contributed by atoms with Gasteiger partial charge in [0.1, 0.15) is 5.76 Å². The second kappa shape index (κ2) is 4.81. The molecule has 2 N–H and O–H groups in total. The predicted octanol–water partition coefficient (Wildman–Crippen LogP) is 2.09. The molecule has 0 aliphatic heterocycles. The van der Waals surface area contributed by atoms with Gasteiger partial charge in [0.25, 0.3) is 0 Å². The number of rotatable bonds is 6. The summed E-state index contributed by atoms with van der Waals surface area (Å²) in [6, 6.07) is 4.24. The van der Waals surface area contributed by atoms with Crippen molar-refractivity contribution >= 4 is 0 Å². The van der Waals surface area contributed by atoms with E-state index in [1.165, 1.54) is 12.8 Å². The normalized spacial score (nSPS) is 20.1. The second-order valence-corrected chi connectivity index (χ2v) is 4.27. The molecule has 3 heteroatoms. The lowest BCUT2D eigenvalue weighted by Crippen LogP contribution is -2.35. The van der Waals surface area contributed by atoms with Crippen molar-refractivity contribution < 1.29 is 9.52 Å². The Hall–Kier alpha value is -0.800. The van der Waals surface area contributed by atoms with Crippen LogP contribution in [0.15, 0.2) is 22.8 Å². The molecular formula is C12H19NO2. The van der Waals surface area contributed by atoms with Crippen LogP contribution >= 0.6 is 0 Å². The molecule has 1 aliphatic rings. The lowest BCUT2D eigenvalue weighted by Gasteiger charge is -2.22. The molecule has 0 bridgehead atoms. The maximum atomic E-state index is 9.32. The Kier molecular flexibility index (Phi) is 3.44. The van der Waals surface area contributed by atoms with Gasteiger partial charge in [-0.1, -0.05) is 6.92 Å². The summed E-state index contributed by atoms with van der Waals surface area (Å²) in [5, 5.41) is 12.8. The van der Waals surface area contributed by atoms with E-state index in [2.05, 4.69) is 12.2 Å². The third-order valence-corrected chi connectivity index (χ3v) is 3.12. The summed E-state index contributed by atoms with van der Waals surface area (Å²) in [5.74, 6) is 1.63. The fourth-order valence-corrected chi connectivity index (χ4v) is 2.06. The number of hydrogen-bond acceptors (Lipinski definition) is 3. The molecule has 1 aliphatic carbocycles. The third-order valence-electron chi connectivity index (χ3n) is 3.12. The van der Waals surface area contributed by atoms with E-state index in [0.717, 1.165) is 18.1 Å². The number of hydrogen-bond donors (Lipinski definition) is 2. The molecule has 0 aromatic carbocycles. The van der Waals surface area contributed by atoms with Crippen molar-refractivity contribution in [3.8, 4) is 0 Å². The van der Waals surface area contributed by atoms with Gasteiger partial charge in [0.05, 0.1) is 18.9 Å². The van der Waals surface area contributed by atoms with E-state index in [1.807, 2.05) is 12.1 Å². The number of aliphatic hydroxyl groups is 1. The zero-order chi connectivity index (χ0) is 10.7. The minimum Gasteiger partial charge on any atom is -0.468 e. The van der Waals surface area contributed by atoms with Crippen LogP contribution in [0.5, 0.6) is 0 Å². The fourth-order valence-electron chi connectivity index (χ4n) is 2.06. The van der Waals surface area contributed by atoms with Crippen LogP contribution in [0.3, 0.4) is 0 Å². The van der Waals surface area contributed by atoms with E-state index < -0.39 is 0 Å². The molecule has 3 nitrogen and oxygen atoms in total. The van der Waals surface area contributed by atoms with Crippen molar-refractivity contribution in [2.75, 3.05) is 6.61 Å². The summed E-state index contributed by atoms with van der Waals surface area (Å²) in [6.07, 6.45) is 5.41. The Bertz CT molecular complexity index is 280. The highest BCUT2D eigenvalue weighted by atomic mass is 16.3. The molecule has 84 valence electrons. The monoisotopic (exact) mass is 209 g/mol. The first-order valence-electron chi connectivity index (χ1n) is 5.75. The van der Waals surface area contributed by atoms with Gasteiger partial charge in [0.2, 0.25) is 0 Å². The Balaban J connectivity index is 1.95. The average molecular weight is 209 g/mol. The number of nitrogens with one attached hydrogen (secondary N) is 1. The van der Waals surface area contributed by atoms with Crippen LogP contribution in [0, 0.1) is 5.92 Å². The molecule has 1 fully saturated rings. The molecular weight excluding hydrogens is 190 g/mol. The molecule has 0 spiro atoms. The second-order valence-electron chi connectivity index (χ2n) is 4.27. The zero-order valence-corrected chi connectivity index (χ0v) is 9.15. The van der Waals surface area contributed by atoms with Crippen molar-refractivity contribution in [2.45, 2.75) is 38.3 Å². The number of aliphatic hydroxyl groups excluding tert-OH is 1. The average Bonchev–Trinajstić information content (AvgIpc) is 2.95. The standard InChI is InChI=1S/C12H19NO2/c1-2-10(9-5-6-9)13-11(8-14)12-4-3-7-15-12/h3-4,7,9-11,13-14H,2,5-6,8H2,1H3. The first-order chi connectivity index (χ1) is 7.35. The van der Waals surface area contributed by atoms with Gasteiger partial charge in [0.15, 0.2) is 0 Å². The molecule has 1 heterocycles. The fraction of sp³-hybridized carbons (Fsp3) is 0.667. The van der Waals surface area contributed by atoms with E-state index in [0.29, 0.717) is 6.04 Å². The maximum Gasteiger partial charge on any atom is 0.123 e. The van der Waals surface area contributed by atoms with E-state index >= 15 is 0 Å². The molecule has 2 unspecified atom stereocenters. The van der Waals surface area contributed by atoms with Gasteiger partial charge in [0, 0.05) is 6.04 Å². The van der Waals surface area contributed by atoms with Gasteiger partial charge >= 0.3 is 0 Å². The Morgan fingerprint density at radius 3 is 2.87 bits per heavy atom. The Morgan fingerprint density at radius 1 is 1.60 bits per heavy atom. The molecule has 1 aromatic heterocycles. The van der Waals surface area contributed by atoms with Crippen LogP contribution in [0.25, 0.3) is 0 Å². The topological polar surface area (TPSA) is 45.4 Å². The summed E-state index contributed by atoms with van der Waals surface area (Å²) < 4.78 is 5.31. The van der Waals surface area contributed by atoms with Gasteiger partial charge in [-0.15, -0.1) is 0 Å². The van der Waals surface area contributed by atoms with Gasteiger partial charge < -0.3 is 14.8 Å². The van der Waals surface area contributed by atoms with Gasteiger partial charge in [-0.2, -0.15) is 0 Å². The summed E-state index contributed by atoms with van der Waals surface area (Å²) in [5.41, 5.74) is 0. The number of furan rings is 1. The predicted molar refractivity (Wildman–Crippen MR) is 58.5 cm³/mol. The third kappa shape index (κ3) is 2.61. The first-order valence-corrected chi connectivity index (χ1v) is 5.75. The lowest BCUT2D eigenvalue weighted by molar-refractivity contribution is 0.208. The molecule has 0 amide bonds. The Labute approximate surface area is 90.5 Å². The van der Waals surface area contributed by atoms with Crippen molar-refractivity contribution in [3.63, 3.8) is 0 Å². The smallest absolute Gasteiger partial charge is 0.123 e. The van der Waals surface area contributed by atoms with E-state index in [9.17, 15) is 5.11 Å². The highest BCUT2D eigenvalue weighted by Gasteiger charge is 2.31. The maximum absolute atomic E-state index is 9.32. The van der Waals surface area contributed by atoms with Crippen molar-refractivity contribution in [1.82, 2.24) is 5.32 Å². The van der Waals surface area contributed by atoms with Crippen LogP contribution in [0.4, 0.5) is 0 Å². The summed E-state index contributed by atoms with van der Waals surface area (Å²) in [7, 11) is 0. The van der Waals surface area contributed by atoms with Crippen LogP contribution in [-0.2, 0) is 0 Å². The quantitative estimate of drug-likeness (QED) is 0.754. The van der Waals surface area contributed by atoms with E-state index in [4.69, 9.17) is 4.42 Å². The SMILES string of the molecule is CCC(NC(CO)c1ccco1)C1CC1. The van der Waals surface area contributed by atoms with Gasteiger partial charge in [-0.05, 0) is 37.3 Å². The zero-order valence-electron chi connectivity index (χ0n) is 9.15. The van der Waals surface area contributed by atoms with Crippen molar-refractivity contribution in [3.05, 3.63) is 24.2 Å². The first kappa shape index (κ1) is 10.7. The molecule has 15 heavy (non-hydrogen) atoms. The van der Waals surface area contributed by atoms with Crippen LogP contribution < -0.4 is 5.32 Å². The molecule has 2 atom stereocenters. The minimum atomic E-state index is -0.0504. The molecule has 1 aromatic rings. The molecule has 0 radical (unpaired) electrons. The van der Waals surface area contributed by atoms with Crippen molar-refractivity contribution in [1.29, 1.82) is 0 Å². The van der Waals surface area contributed by atoms with Crippen LogP contribution in [-0.4, -0.2) is 17.8 Å². The van der Waals surface area contributed by atoms with Gasteiger partial charge in [-0.3, -0.25) is 0 Å². The summed E-state index contributed by atoms with van der Waals surface area (Å²) in [6.45, 7) is 2.28. The van der Waals surface area contributed by atoms with Gasteiger partial charge in [-0.25, -0.2) is 0 Å². The van der Waals surface area contributed by atoms with Crippen LogP contribution in [0.1, 0.15) is 38.0 Å². The largest absolute Gasteiger partial charge is 0.468 e. The van der Waals surface area contributed by atoms with E-state index in [-0.39, 0.29) is 12.6 Å². The highest BCUT2D eigenvalue weighted by Crippen LogP contribution is 2.35. The summed E-state index contributed by atoms with van der Waals surface area (Å²) in [4.78, 5) is 0. The van der Waals surface area contributed by atoms with Crippen molar-refractivity contribution in [2.24, 2.45) is 5.92 Å². The minimum absolute atomic E-state index is 0.0504. The highest BCUT2D eigenvalue weighted by molar-refractivity contribution is 5.05. The molecule has 2 rings (SSSR count). The molecule has 1 saturated carbocycles. The van der Waals surface area contributed by atoms with Crippen LogP contribution in [0.2, 0.25) is 0 Å².